The Balaban J connectivity index is 1.43. The van der Waals surface area contributed by atoms with Crippen molar-refractivity contribution >= 4 is 27.9 Å². The first-order chi connectivity index (χ1) is 17.2. The van der Waals surface area contributed by atoms with Crippen molar-refractivity contribution in [1.82, 2.24) is 19.5 Å². The third kappa shape index (κ3) is 3.79. The molecule has 172 valence electrons. The van der Waals surface area contributed by atoms with Gasteiger partial charge in [0.1, 0.15) is 17.0 Å². The van der Waals surface area contributed by atoms with E-state index in [1.54, 1.807) is 0 Å². The van der Waals surface area contributed by atoms with E-state index in [4.69, 9.17) is 10.2 Å². The van der Waals surface area contributed by atoms with Gasteiger partial charge >= 0.3 is 0 Å². The number of pyridine rings is 1. The van der Waals surface area contributed by atoms with Crippen LogP contribution in [0.25, 0.3) is 33.5 Å². The summed E-state index contributed by atoms with van der Waals surface area (Å²) in [4.78, 5) is 25.7. The lowest BCUT2D eigenvalue weighted by molar-refractivity contribution is 0.103. The van der Waals surface area contributed by atoms with E-state index >= 15 is 0 Å². The minimum Gasteiger partial charge on any atom is -0.346 e. The monoisotopic (exact) mass is 459 g/mol. The topological polar surface area (TPSA) is 87.4 Å². The number of aromatic amines is 1. The molecule has 0 bridgehead atoms. The fraction of sp³-hybridized carbons (Fsp3) is 0.241. The van der Waals surface area contributed by atoms with Gasteiger partial charge < -0.3 is 9.55 Å². The van der Waals surface area contributed by atoms with E-state index in [2.05, 4.69) is 26.7 Å². The molecule has 0 aliphatic heterocycles. The van der Waals surface area contributed by atoms with Gasteiger partial charge in [-0.3, -0.25) is 4.79 Å². The molecule has 0 amide bonds. The molecule has 1 aliphatic rings. The summed E-state index contributed by atoms with van der Waals surface area (Å²) in [6.45, 7) is 0. The van der Waals surface area contributed by atoms with Crippen molar-refractivity contribution in [3.8, 4) is 17.5 Å². The zero-order valence-corrected chi connectivity index (χ0v) is 19.3. The van der Waals surface area contributed by atoms with Crippen LogP contribution in [0.2, 0.25) is 0 Å². The number of hydrogen-bond acceptors (Lipinski definition) is 4. The van der Waals surface area contributed by atoms with Crippen molar-refractivity contribution in [2.75, 3.05) is 0 Å². The van der Waals surface area contributed by atoms with Crippen LogP contribution in [0.5, 0.6) is 0 Å². The maximum absolute atomic E-state index is 12.9. The van der Waals surface area contributed by atoms with Crippen molar-refractivity contribution in [2.45, 2.75) is 38.1 Å². The minimum absolute atomic E-state index is 0.0136. The Hall–Kier alpha value is -4.24. The van der Waals surface area contributed by atoms with Crippen LogP contribution in [0, 0.1) is 17.2 Å². The molecule has 2 aromatic carbocycles. The van der Waals surface area contributed by atoms with Gasteiger partial charge in [-0.1, -0.05) is 54.6 Å². The Morgan fingerprint density at radius 3 is 2.49 bits per heavy atom. The van der Waals surface area contributed by atoms with Crippen molar-refractivity contribution in [1.29, 1.82) is 5.26 Å². The smallest absolute Gasteiger partial charge is 0.193 e. The summed E-state index contributed by atoms with van der Waals surface area (Å²) in [5.41, 5.74) is 5.15. The second-order valence-corrected chi connectivity index (χ2v) is 9.35. The summed E-state index contributed by atoms with van der Waals surface area (Å²) < 4.78 is 2.38. The molecule has 0 saturated heterocycles. The number of fused-ring (bicyclic) bond motifs is 3. The van der Waals surface area contributed by atoms with Crippen molar-refractivity contribution in [2.24, 2.45) is 5.92 Å². The molecule has 0 spiro atoms. The van der Waals surface area contributed by atoms with Gasteiger partial charge in [0.15, 0.2) is 5.78 Å². The minimum atomic E-state index is 0.0136. The van der Waals surface area contributed by atoms with Crippen molar-refractivity contribution in [3.63, 3.8) is 0 Å². The molecular weight excluding hydrogens is 434 g/mol. The molecule has 3 aromatic heterocycles. The number of imidazole rings is 1. The Morgan fingerprint density at radius 1 is 1.00 bits per heavy atom. The number of benzene rings is 2. The molecule has 0 radical (unpaired) electrons. The first-order valence-corrected chi connectivity index (χ1v) is 12.1. The number of nitriles is 1. The van der Waals surface area contributed by atoms with Gasteiger partial charge in [0.05, 0.1) is 17.8 Å². The molecule has 6 rings (SSSR count). The zero-order valence-electron chi connectivity index (χ0n) is 19.3. The van der Waals surface area contributed by atoms with E-state index in [9.17, 15) is 4.79 Å². The van der Waals surface area contributed by atoms with Gasteiger partial charge in [0.2, 0.25) is 0 Å². The number of nitrogens with zero attached hydrogens (tertiary/aromatic N) is 4. The van der Waals surface area contributed by atoms with Gasteiger partial charge in [-0.2, -0.15) is 5.26 Å². The van der Waals surface area contributed by atoms with Crippen LogP contribution < -0.4 is 0 Å². The van der Waals surface area contributed by atoms with Gasteiger partial charge in [-0.15, -0.1) is 0 Å². The van der Waals surface area contributed by atoms with Crippen LogP contribution in [0.15, 0.2) is 73.1 Å². The average Bonchev–Trinajstić information content (AvgIpc) is 3.54. The van der Waals surface area contributed by atoms with Crippen molar-refractivity contribution < 1.29 is 4.79 Å². The highest BCUT2D eigenvalue weighted by Crippen LogP contribution is 2.40. The predicted octanol–water partition coefficient (Wildman–Crippen LogP) is 6.46. The van der Waals surface area contributed by atoms with Crippen LogP contribution in [0.1, 0.15) is 54.1 Å². The fourth-order valence-electron chi connectivity index (χ4n) is 5.41. The SMILES string of the molecule is N#CC[C@H]1CC[C@@H](n2c(-c3ccc(C(=O)c4ccccc4)cc3)nc3cnc4[nH]ccc4c32)CC1. The Morgan fingerprint density at radius 2 is 1.74 bits per heavy atom. The van der Waals surface area contributed by atoms with Gasteiger partial charge in [0.25, 0.3) is 0 Å². The van der Waals surface area contributed by atoms with Crippen molar-refractivity contribution in [3.05, 3.63) is 84.2 Å². The Labute approximate surface area is 203 Å². The van der Waals surface area contributed by atoms with Gasteiger partial charge in [-0.25, -0.2) is 9.97 Å². The van der Waals surface area contributed by atoms with E-state index in [-0.39, 0.29) is 5.78 Å². The fourth-order valence-corrected chi connectivity index (χ4v) is 5.41. The highest BCUT2D eigenvalue weighted by atomic mass is 16.1. The lowest BCUT2D eigenvalue weighted by atomic mass is 9.84. The third-order valence-corrected chi connectivity index (χ3v) is 7.24. The summed E-state index contributed by atoms with van der Waals surface area (Å²) in [6, 6.07) is 21.8. The Bertz CT molecular complexity index is 1550. The number of hydrogen-bond donors (Lipinski definition) is 1. The first kappa shape index (κ1) is 21.3. The van der Waals surface area contributed by atoms with E-state index in [0.717, 1.165) is 59.1 Å². The standard InChI is InChI=1S/C29H25N5O/c30-16-14-19-6-12-23(13-7-19)34-26-24-15-17-31-28(24)32-18-25(26)33-29(34)22-10-8-21(9-11-22)27(35)20-4-2-1-3-5-20/h1-5,8-11,15,17-19,23H,6-7,12-14H2,(H,31,32)/t19-,23+. The van der Waals surface area contributed by atoms with Crippen LogP contribution >= 0.6 is 0 Å². The zero-order chi connectivity index (χ0) is 23.8. The summed E-state index contributed by atoms with van der Waals surface area (Å²) in [5, 5.41) is 10.2. The lowest BCUT2D eigenvalue weighted by Crippen LogP contribution is -2.19. The second kappa shape index (κ2) is 8.84. The molecule has 1 aliphatic carbocycles. The van der Waals surface area contributed by atoms with Gasteiger partial charge in [-0.05, 0) is 37.7 Å². The van der Waals surface area contributed by atoms with Crippen LogP contribution in [-0.4, -0.2) is 25.3 Å². The van der Waals surface area contributed by atoms with E-state index < -0.39 is 0 Å². The second-order valence-electron chi connectivity index (χ2n) is 9.35. The summed E-state index contributed by atoms with van der Waals surface area (Å²) >= 11 is 0. The quantitative estimate of drug-likeness (QED) is 0.306. The normalized spacial score (nSPS) is 18.0. The van der Waals surface area contributed by atoms with Gasteiger partial charge in [0, 0.05) is 40.7 Å². The highest BCUT2D eigenvalue weighted by molar-refractivity contribution is 6.09. The van der Waals surface area contributed by atoms with Crippen LogP contribution in [-0.2, 0) is 0 Å². The molecule has 1 fully saturated rings. The molecule has 1 saturated carbocycles. The molecule has 0 unspecified atom stereocenters. The molecule has 6 nitrogen and oxygen atoms in total. The maximum atomic E-state index is 12.9. The number of H-pyrrole nitrogens is 1. The number of ketones is 1. The molecule has 35 heavy (non-hydrogen) atoms. The molecule has 0 atom stereocenters. The summed E-state index contributed by atoms with van der Waals surface area (Å²) in [7, 11) is 0. The molecule has 1 N–H and O–H groups in total. The number of carbonyl (C=O) groups is 1. The molecule has 3 heterocycles. The summed E-state index contributed by atoms with van der Waals surface area (Å²) in [5.74, 6) is 1.39. The number of aromatic nitrogens is 4. The molecular formula is C29H25N5O. The number of nitrogens with one attached hydrogen (secondary N) is 1. The highest BCUT2D eigenvalue weighted by Gasteiger charge is 2.27. The third-order valence-electron chi connectivity index (χ3n) is 7.24. The summed E-state index contributed by atoms with van der Waals surface area (Å²) in [6.07, 6.45) is 8.51. The number of rotatable bonds is 5. The van der Waals surface area contributed by atoms with E-state index in [1.807, 2.05) is 67.0 Å². The Kier molecular flexibility index (Phi) is 5.38. The molecule has 6 heteroatoms. The number of carbonyl (C=O) groups excluding carboxylic acids is 1. The van der Waals surface area contributed by atoms with E-state index in [0.29, 0.717) is 29.5 Å². The molecule has 5 aromatic rings. The lowest BCUT2D eigenvalue weighted by Gasteiger charge is -2.30. The first-order valence-electron chi connectivity index (χ1n) is 12.1. The largest absolute Gasteiger partial charge is 0.346 e. The maximum Gasteiger partial charge on any atom is 0.193 e. The predicted molar refractivity (Wildman–Crippen MR) is 136 cm³/mol. The van der Waals surface area contributed by atoms with E-state index in [1.165, 1.54) is 0 Å². The average molecular weight is 460 g/mol. The van der Waals surface area contributed by atoms with Crippen LogP contribution in [0.3, 0.4) is 0 Å². The van der Waals surface area contributed by atoms with Crippen LogP contribution in [0.4, 0.5) is 0 Å².